The number of carboxylic acid groups (broad SMARTS) is 1. The molecule has 2 fully saturated rings. The molecule has 1 saturated heterocycles. The van der Waals surface area contributed by atoms with Crippen LogP contribution in [0.4, 0.5) is 5.13 Å². The number of aliphatic imine (C=N–C) groups is 1. The first-order chi connectivity index (χ1) is 17.8. The summed E-state index contributed by atoms with van der Waals surface area (Å²) >= 11 is 0.988. The van der Waals surface area contributed by atoms with Gasteiger partial charge in [-0.1, -0.05) is 5.16 Å². The van der Waals surface area contributed by atoms with Crippen molar-refractivity contribution in [2.45, 2.75) is 44.0 Å². The van der Waals surface area contributed by atoms with Gasteiger partial charge in [-0.2, -0.15) is 23.4 Å². The number of aliphatic carboxylic acids is 1. The van der Waals surface area contributed by atoms with Gasteiger partial charge in [-0.3, -0.25) is 14.1 Å². The number of carbonyl (C=O) groups is 3. The number of aromatic nitrogens is 4. The van der Waals surface area contributed by atoms with Gasteiger partial charge in [0, 0.05) is 24.6 Å². The number of nitrogen functional groups attached to an aromatic ring is 1. The Morgan fingerprint density at radius 2 is 2.03 bits per heavy atom. The molecule has 20 heteroatoms. The highest BCUT2D eigenvalue weighted by Crippen LogP contribution is 2.40. The fraction of sp³-hybridized carbons (Fsp3) is 0.444. The summed E-state index contributed by atoms with van der Waals surface area (Å²) in [5.74, 6) is -4.50. The Hall–Kier alpha value is -4.17. The molecule has 8 N–H and O–H groups in total. The largest absolute Gasteiger partial charge is 0.478 e. The van der Waals surface area contributed by atoms with Crippen molar-refractivity contribution in [3.63, 3.8) is 0 Å². The van der Waals surface area contributed by atoms with Gasteiger partial charge in [-0.25, -0.2) is 19.1 Å². The molecule has 4 rings (SSSR count). The second-order valence-corrected chi connectivity index (χ2v) is 10.6. The summed E-state index contributed by atoms with van der Waals surface area (Å²) in [6.07, 6.45) is 1.11. The molecule has 18 nitrogen and oxygen atoms in total. The lowest BCUT2D eigenvalue weighted by Crippen LogP contribution is -2.64. The fourth-order valence-corrected chi connectivity index (χ4v) is 5.11. The number of anilines is 1. The highest BCUT2D eigenvalue weighted by molar-refractivity contribution is 7.84. The van der Waals surface area contributed by atoms with Crippen molar-refractivity contribution >= 4 is 56.1 Å². The number of carboxylic acids is 1. The first-order valence-corrected chi connectivity index (χ1v) is 13.1. The normalized spacial score (nSPS) is 20.5. The second-order valence-electron chi connectivity index (χ2n) is 8.45. The molecule has 0 bridgehead atoms. The molecular formula is C18H22N10O8S2. The van der Waals surface area contributed by atoms with E-state index in [1.54, 1.807) is 0 Å². The van der Waals surface area contributed by atoms with Crippen molar-refractivity contribution in [3.05, 3.63) is 23.0 Å². The zero-order valence-corrected chi connectivity index (χ0v) is 21.0. The Bertz CT molecular complexity index is 1440. The molecule has 1 amide bonds. The number of Topliss-reactive ketones (excluding diaryl/α,β-unsaturated/α-hetero) is 1. The highest BCUT2D eigenvalue weighted by atomic mass is 32.2. The number of thiazole rings is 1. The molecule has 1 aliphatic heterocycles. The van der Waals surface area contributed by atoms with Crippen LogP contribution in [0.3, 0.4) is 0 Å². The molecule has 2 aliphatic rings. The van der Waals surface area contributed by atoms with Crippen LogP contribution in [0.25, 0.3) is 0 Å². The Labute approximate surface area is 218 Å². The summed E-state index contributed by atoms with van der Waals surface area (Å²) in [6.45, 7) is -0.315. The van der Waals surface area contributed by atoms with E-state index < -0.39 is 51.9 Å². The number of ketones is 1. The number of guanidine groups is 1. The Morgan fingerprint density at radius 1 is 1.32 bits per heavy atom. The fourth-order valence-electron chi connectivity index (χ4n) is 3.64. The number of carbonyl (C=O) groups excluding carboxylic acids is 2. The molecule has 2 atom stereocenters. The van der Waals surface area contributed by atoms with Gasteiger partial charge in [-0.15, -0.1) is 11.3 Å². The molecule has 1 aliphatic carbocycles. The molecule has 38 heavy (non-hydrogen) atoms. The lowest BCUT2D eigenvalue weighted by molar-refractivity contribution is -0.153. The third-order valence-corrected chi connectivity index (χ3v) is 7.37. The zero-order valence-electron chi connectivity index (χ0n) is 19.4. The number of hydrogen-bond donors (Lipinski definition) is 5. The van der Waals surface area contributed by atoms with E-state index in [2.05, 4.69) is 25.3 Å². The molecule has 2 aromatic rings. The van der Waals surface area contributed by atoms with Crippen LogP contribution in [0.5, 0.6) is 0 Å². The van der Waals surface area contributed by atoms with Crippen LogP contribution in [0, 0.1) is 5.92 Å². The van der Waals surface area contributed by atoms with Crippen LogP contribution in [0.1, 0.15) is 30.7 Å². The van der Waals surface area contributed by atoms with Crippen LogP contribution in [0.2, 0.25) is 0 Å². The third kappa shape index (κ3) is 5.55. The van der Waals surface area contributed by atoms with E-state index in [0.717, 1.165) is 16.1 Å². The lowest BCUT2D eigenvalue weighted by atomic mass is 9.84. The number of β-lactam (4-membered cyclic amide) rings is 1. The minimum atomic E-state index is -4.97. The van der Waals surface area contributed by atoms with Crippen LogP contribution in [0.15, 0.2) is 21.7 Å². The molecule has 3 heterocycles. The molecule has 0 unspecified atom stereocenters. The van der Waals surface area contributed by atoms with Gasteiger partial charge in [0.25, 0.3) is 0 Å². The zero-order chi connectivity index (χ0) is 27.8. The van der Waals surface area contributed by atoms with Crippen molar-refractivity contribution in [1.82, 2.24) is 24.3 Å². The molecule has 204 valence electrons. The van der Waals surface area contributed by atoms with Crippen LogP contribution in [-0.2, 0) is 42.6 Å². The molecule has 1 saturated carbocycles. The van der Waals surface area contributed by atoms with E-state index in [1.807, 2.05) is 0 Å². The Kier molecular flexibility index (Phi) is 7.04. The second kappa shape index (κ2) is 9.95. The summed E-state index contributed by atoms with van der Waals surface area (Å²) in [7, 11) is -4.97. The van der Waals surface area contributed by atoms with Gasteiger partial charge in [0.1, 0.15) is 11.4 Å². The van der Waals surface area contributed by atoms with E-state index in [-0.39, 0.29) is 52.7 Å². The minimum absolute atomic E-state index is 0.00763. The number of rotatable bonds is 12. The average molecular weight is 571 g/mol. The van der Waals surface area contributed by atoms with E-state index in [4.69, 9.17) is 22.0 Å². The number of amides is 1. The van der Waals surface area contributed by atoms with E-state index >= 15 is 0 Å². The topological polar surface area (TPSA) is 285 Å². The van der Waals surface area contributed by atoms with Gasteiger partial charge in [0.05, 0.1) is 31.2 Å². The van der Waals surface area contributed by atoms with Crippen molar-refractivity contribution in [2.75, 3.05) is 5.73 Å². The standard InChI is InChI=1S/C18H22N10O8S2/c19-16(20)22-4-8-5-23-27(25-8)6-11-9(14(30)28(11)38(33,34)35)3-12(29)13(10-7-37-17(21)24-10)26-36-18(1-2-18)15(31)32/h5,7,9,11H,1-4,6H2,(H2,21,24)(H,31,32)(H4,19,20,22)(H,33,34,35)/b26-13+/t9-,11+/m0/s1. The molecule has 0 aromatic carbocycles. The number of oxime groups is 1. The van der Waals surface area contributed by atoms with Crippen molar-refractivity contribution in [3.8, 4) is 0 Å². The molecule has 0 radical (unpaired) electrons. The first kappa shape index (κ1) is 26.9. The number of nitrogens with two attached hydrogens (primary N) is 3. The van der Waals surface area contributed by atoms with Gasteiger partial charge >= 0.3 is 16.3 Å². The smallest absolute Gasteiger partial charge is 0.362 e. The average Bonchev–Trinajstić information content (AvgIpc) is 3.29. The predicted octanol–water partition coefficient (Wildman–Crippen LogP) is -2.28. The highest BCUT2D eigenvalue weighted by Gasteiger charge is 2.56. The van der Waals surface area contributed by atoms with Crippen LogP contribution in [-0.4, -0.2) is 83.3 Å². The third-order valence-electron chi connectivity index (χ3n) is 5.75. The predicted molar refractivity (Wildman–Crippen MR) is 129 cm³/mol. The van der Waals surface area contributed by atoms with Crippen molar-refractivity contribution in [2.24, 2.45) is 27.5 Å². The molecular weight excluding hydrogens is 548 g/mol. The lowest BCUT2D eigenvalue weighted by Gasteiger charge is -2.43. The summed E-state index contributed by atoms with van der Waals surface area (Å²) in [5.41, 5.74) is 14.6. The Balaban J connectivity index is 1.56. The monoisotopic (exact) mass is 570 g/mol. The summed E-state index contributed by atoms with van der Waals surface area (Å²) < 4.78 is 33.5. The summed E-state index contributed by atoms with van der Waals surface area (Å²) in [4.78, 5) is 51.3. The van der Waals surface area contributed by atoms with Crippen LogP contribution >= 0.6 is 11.3 Å². The van der Waals surface area contributed by atoms with Crippen molar-refractivity contribution in [1.29, 1.82) is 0 Å². The van der Waals surface area contributed by atoms with E-state index in [9.17, 15) is 32.5 Å². The molecule has 0 spiro atoms. The van der Waals surface area contributed by atoms with Gasteiger partial charge in [0.2, 0.25) is 11.5 Å². The van der Waals surface area contributed by atoms with E-state index in [0.29, 0.717) is 5.69 Å². The SMILES string of the molecule is NC(N)=NCc1cnn(C[C@@H]2[C@H](CC(=O)/C(=N/OC3(C(=O)O)CC3)c3csc(N)n3)C(=O)N2S(=O)(=O)O)n1. The van der Waals surface area contributed by atoms with Crippen LogP contribution < -0.4 is 17.2 Å². The summed E-state index contributed by atoms with van der Waals surface area (Å²) in [6, 6.07) is -1.23. The Morgan fingerprint density at radius 3 is 2.58 bits per heavy atom. The van der Waals surface area contributed by atoms with Gasteiger partial charge in [0.15, 0.2) is 22.6 Å². The van der Waals surface area contributed by atoms with Crippen molar-refractivity contribution < 1.29 is 37.3 Å². The maximum atomic E-state index is 13.2. The quantitative estimate of drug-likeness (QED) is 0.0590. The van der Waals surface area contributed by atoms with Gasteiger partial charge < -0.3 is 27.1 Å². The maximum absolute atomic E-state index is 13.2. The van der Waals surface area contributed by atoms with Gasteiger partial charge in [-0.05, 0) is 0 Å². The molecule has 2 aromatic heterocycles. The van der Waals surface area contributed by atoms with E-state index in [1.165, 1.54) is 11.6 Å². The maximum Gasteiger partial charge on any atom is 0.362 e. The summed E-state index contributed by atoms with van der Waals surface area (Å²) in [5, 5.41) is 22.6. The number of nitrogens with zero attached hydrogens (tertiary/aromatic N) is 7. The minimum Gasteiger partial charge on any atom is -0.478 e. The first-order valence-electron chi connectivity index (χ1n) is 10.8. The number of hydrogen-bond acceptors (Lipinski definition) is 13.